The van der Waals surface area contributed by atoms with Gasteiger partial charge in [-0.3, -0.25) is 4.90 Å². The Hall–Kier alpha value is -3.32. The van der Waals surface area contributed by atoms with Crippen molar-refractivity contribution in [1.82, 2.24) is 4.90 Å². The zero-order chi connectivity index (χ0) is 22.8. The number of ether oxygens (including phenoxy) is 2. The molecule has 0 saturated carbocycles. The summed E-state index contributed by atoms with van der Waals surface area (Å²) >= 11 is 0. The van der Waals surface area contributed by atoms with Crippen LogP contribution in [0.1, 0.15) is 0 Å². The van der Waals surface area contributed by atoms with Gasteiger partial charge in [-0.2, -0.15) is 0 Å². The van der Waals surface area contributed by atoms with E-state index in [4.69, 9.17) is 9.47 Å². The van der Waals surface area contributed by atoms with Gasteiger partial charge in [-0.15, -0.1) is 0 Å². The lowest BCUT2D eigenvalue weighted by atomic mass is 10.1. The molecule has 5 rings (SSSR count). The van der Waals surface area contributed by atoms with Gasteiger partial charge in [0.05, 0.1) is 25.0 Å². The first-order chi connectivity index (χ1) is 16.1. The number of piperazine rings is 1. The lowest BCUT2D eigenvalue weighted by Crippen LogP contribution is -2.52. The Morgan fingerprint density at radius 2 is 1.61 bits per heavy atom. The molecule has 1 fully saturated rings. The van der Waals surface area contributed by atoms with Crippen LogP contribution in [-0.4, -0.2) is 57.4 Å². The number of hydrogen-bond donors (Lipinski definition) is 0. The van der Waals surface area contributed by atoms with Crippen LogP contribution >= 0.6 is 0 Å². The molecule has 5 nitrogen and oxygen atoms in total. The van der Waals surface area contributed by atoms with Crippen molar-refractivity contribution in [3.05, 3.63) is 78.4 Å². The largest absolute Gasteiger partial charge is 0.495 e. The van der Waals surface area contributed by atoms with E-state index >= 15 is 0 Å². The zero-order valence-corrected chi connectivity index (χ0v) is 18.6. The number of benzene rings is 3. The van der Waals surface area contributed by atoms with Crippen molar-refractivity contribution in [3.63, 3.8) is 0 Å². The van der Waals surface area contributed by atoms with Gasteiger partial charge in [0.15, 0.2) is 0 Å². The molecule has 0 aliphatic carbocycles. The maximum Gasteiger partial charge on any atom is 0.146 e. The van der Waals surface area contributed by atoms with E-state index < -0.39 is 0 Å². The summed E-state index contributed by atoms with van der Waals surface area (Å²) in [7, 11) is 1.70. The molecule has 0 radical (unpaired) electrons. The molecule has 0 bridgehead atoms. The number of methoxy groups -OCH3 is 1. The number of para-hydroxylation sites is 2. The Morgan fingerprint density at radius 3 is 2.36 bits per heavy atom. The van der Waals surface area contributed by atoms with Crippen molar-refractivity contribution in [2.45, 2.75) is 6.10 Å². The average Bonchev–Trinajstić information content (AvgIpc) is 2.84. The van der Waals surface area contributed by atoms with Gasteiger partial charge in [0.1, 0.15) is 29.2 Å². The fourth-order valence-electron chi connectivity index (χ4n) is 4.64. The monoisotopic (exact) mass is 451 g/mol. The van der Waals surface area contributed by atoms with E-state index in [1.165, 1.54) is 24.3 Å². The van der Waals surface area contributed by atoms with Crippen LogP contribution in [0.4, 0.5) is 25.8 Å². The molecule has 3 aromatic rings. The van der Waals surface area contributed by atoms with E-state index in [-0.39, 0.29) is 17.7 Å². The van der Waals surface area contributed by atoms with Crippen molar-refractivity contribution in [2.24, 2.45) is 0 Å². The van der Waals surface area contributed by atoms with Crippen molar-refractivity contribution >= 4 is 17.1 Å². The first-order valence-electron chi connectivity index (χ1n) is 11.2. The minimum Gasteiger partial charge on any atom is -0.495 e. The summed E-state index contributed by atoms with van der Waals surface area (Å²) in [6, 6.07) is 19.0. The number of fused-ring (bicyclic) bond motifs is 1. The highest BCUT2D eigenvalue weighted by molar-refractivity contribution is 5.70. The summed E-state index contributed by atoms with van der Waals surface area (Å²) in [6.07, 6.45) is -0.137. The van der Waals surface area contributed by atoms with E-state index in [2.05, 4.69) is 20.8 Å². The summed E-state index contributed by atoms with van der Waals surface area (Å²) < 4.78 is 39.2. The third-order valence-electron chi connectivity index (χ3n) is 6.29. The zero-order valence-electron chi connectivity index (χ0n) is 18.6. The maximum absolute atomic E-state index is 14.0. The molecule has 33 heavy (non-hydrogen) atoms. The summed E-state index contributed by atoms with van der Waals surface area (Å²) in [5.74, 6) is 0.785. The maximum atomic E-state index is 14.0. The fourth-order valence-corrected chi connectivity index (χ4v) is 4.64. The summed E-state index contributed by atoms with van der Waals surface area (Å²) in [4.78, 5) is 6.80. The highest BCUT2D eigenvalue weighted by Crippen LogP contribution is 2.39. The number of hydrogen-bond acceptors (Lipinski definition) is 5. The summed E-state index contributed by atoms with van der Waals surface area (Å²) in [6.45, 7) is 4.90. The third-order valence-corrected chi connectivity index (χ3v) is 6.29. The minimum absolute atomic E-state index is 0.137. The standard InChI is InChI=1S/C26H27F2N3O2/c1-32-25-5-3-2-4-23(25)30-14-12-29(13-15-30)17-22-18-31(21-9-6-19(27)7-10-21)24-11-8-20(28)16-26(24)33-22/h2-11,16,22H,12-15,17-18H2,1H3. The van der Waals surface area contributed by atoms with Crippen molar-refractivity contribution in [2.75, 3.05) is 56.2 Å². The molecule has 7 heteroatoms. The van der Waals surface area contributed by atoms with E-state index in [1.54, 1.807) is 25.3 Å². The predicted octanol–water partition coefficient (Wildman–Crippen LogP) is 4.69. The van der Waals surface area contributed by atoms with Crippen molar-refractivity contribution in [1.29, 1.82) is 0 Å². The minimum atomic E-state index is -0.334. The first-order valence-corrected chi connectivity index (χ1v) is 11.2. The quantitative estimate of drug-likeness (QED) is 0.561. The Morgan fingerprint density at radius 1 is 0.879 bits per heavy atom. The third kappa shape index (κ3) is 4.59. The molecule has 1 unspecified atom stereocenters. The molecular weight excluding hydrogens is 424 g/mol. The van der Waals surface area contributed by atoms with Crippen LogP contribution in [-0.2, 0) is 0 Å². The van der Waals surface area contributed by atoms with Crippen LogP contribution in [0.2, 0.25) is 0 Å². The molecule has 1 atom stereocenters. The Kier molecular flexibility index (Phi) is 6.05. The highest BCUT2D eigenvalue weighted by Gasteiger charge is 2.30. The fraction of sp³-hybridized carbons (Fsp3) is 0.308. The van der Waals surface area contributed by atoms with Gasteiger partial charge >= 0.3 is 0 Å². The molecule has 0 N–H and O–H groups in total. The molecule has 0 aromatic heterocycles. The topological polar surface area (TPSA) is 28.2 Å². The molecule has 0 amide bonds. The van der Waals surface area contributed by atoms with Gasteiger partial charge in [0, 0.05) is 44.5 Å². The Balaban J connectivity index is 1.29. The SMILES string of the molecule is COc1ccccc1N1CCN(CC2CN(c3ccc(F)cc3)c3ccc(F)cc3O2)CC1. The normalized spacial score (nSPS) is 18.6. The van der Waals surface area contributed by atoms with Crippen LogP contribution in [0.25, 0.3) is 0 Å². The molecule has 2 aliphatic heterocycles. The second kappa shape index (κ2) is 9.27. The number of halogens is 2. The summed E-state index contributed by atoms with van der Waals surface area (Å²) in [5.41, 5.74) is 2.76. The van der Waals surface area contributed by atoms with E-state index in [1.807, 2.05) is 18.2 Å². The molecule has 172 valence electrons. The average molecular weight is 452 g/mol. The summed E-state index contributed by atoms with van der Waals surface area (Å²) in [5, 5.41) is 0. The second-order valence-corrected chi connectivity index (χ2v) is 8.40. The lowest BCUT2D eigenvalue weighted by Gasteiger charge is -2.41. The van der Waals surface area contributed by atoms with Gasteiger partial charge in [-0.05, 0) is 48.5 Å². The number of nitrogens with zero attached hydrogens (tertiary/aromatic N) is 3. The van der Waals surface area contributed by atoms with E-state index in [0.29, 0.717) is 12.3 Å². The van der Waals surface area contributed by atoms with Crippen molar-refractivity contribution in [3.8, 4) is 11.5 Å². The van der Waals surface area contributed by atoms with Gasteiger partial charge in [-0.1, -0.05) is 12.1 Å². The lowest BCUT2D eigenvalue weighted by molar-refractivity contribution is 0.126. The van der Waals surface area contributed by atoms with Crippen LogP contribution in [0.5, 0.6) is 11.5 Å². The van der Waals surface area contributed by atoms with Gasteiger partial charge in [0.25, 0.3) is 0 Å². The molecule has 2 aliphatic rings. The van der Waals surface area contributed by atoms with Crippen LogP contribution < -0.4 is 19.3 Å². The van der Waals surface area contributed by atoms with E-state index in [9.17, 15) is 8.78 Å². The predicted molar refractivity (Wildman–Crippen MR) is 126 cm³/mol. The molecule has 1 saturated heterocycles. The molecular formula is C26H27F2N3O2. The van der Waals surface area contributed by atoms with Crippen LogP contribution in [0, 0.1) is 11.6 Å². The van der Waals surface area contributed by atoms with Crippen LogP contribution in [0.3, 0.4) is 0 Å². The Labute approximate surface area is 192 Å². The molecule has 0 spiro atoms. The van der Waals surface area contributed by atoms with Gasteiger partial charge in [-0.25, -0.2) is 8.78 Å². The van der Waals surface area contributed by atoms with Crippen LogP contribution in [0.15, 0.2) is 66.7 Å². The number of rotatable bonds is 5. The Bertz CT molecular complexity index is 1100. The first kappa shape index (κ1) is 21.5. The van der Waals surface area contributed by atoms with Crippen molar-refractivity contribution < 1.29 is 18.3 Å². The van der Waals surface area contributed by atoms with E-state index in [0.717, 1.165) is 55.5 Å². The van der Waals surface area contributed by atoms with Gasteiger partial charge < -0.3 is 19.3 Å². The molecule has 3 aromatic carbocycles. The smallest absolute Gasteiger partial charge is 0.146 e. The molecule has 2 heterocycles. The van der Waals surface area contributed by atoms with Gasteiger partial charge in [0.2, 0.25) is 0 Å². The second-order valence-electron chi connectivity index (χ2n) is 8.40. The number of anilines is 3. The highest BCUT2D eigenvalue weighted by atomic mass is 19.1.